The Morgan fingerprint density at radius 2 is 1.94 bits per heavy atom. The molecule has 0 radical (unpaired) electrons. The van der Waals surface area contributed by atoms with Crippen LogP contribution in [0.1, 0.15) is 22.3 Å². The molecule has 0 saturated heterocycles. The van der Waals surface area contributed by atoms with Crippen molar-refractivity contribution in [2.24, 2.45) is 0 Å². The van der Waals surface area contributed by atoms with Gasteiger partial charge >= 0.3 is 0 Å². The molecule has 1 amide bonds. The summed E-state index contributed by atoms with van der Waals surface area (Å²) in [6, 6.07) is 17.0. The molecule has 1 aliphatic rings. The molecule has 3 heterocycles. The van der Waals surface area contributed by atoms with E-state index in [0.717, 1.165) is 22.7 Å². The van der Waals surface area contributed by atoms with Gasteiger partial charge in [0.15, 0.2) is 15.0 Å². The molecule has 1 unspecified atom stereocenters. The number of hydrogen-bond acceptors (Lipinski definition) is 8. The Bertz CT molecular complexity index is 1470. The summed E-state index contributed by atoms with van der Waals surface area (Å²) in [6.07, 6.45) is 2.74. The number of pyridine rings is 1. The summed E-state index contributed by atoms with van der Waals surface area (Å²) in [7, 11) is -2.04. The molecule has 1 aliphatic heterocycles. The summed E-state index contributed by atoms with van der Waals surface area (Å²) in [5.74, 6) is 0.376. The van der Waals surface area contributed by atoms with Crippen molar-refractivity contribution in [1.82, 2.24) is 9.97 Å². The van der Waals surface area contributed by atoms with Gasteiger partial charge < -0.3 is 10.1 Å². The Hall–Kier alpha value is -3.76. The minimum atomic E-state index is -3.64. The van der Waals surface area contributed by atoms with E-state index in [1.807, 2.05) is 35.7 Å². The lowest BCUT2D eigenvalue weighted by Gasteiger charge is -2.27. The Labute approximate surface area is 207 Å². The number of sulfone groups is 1. The van der Waals surface area contributed by atoms with Gasteiger partial charge in [-0.1, -0.05) is 6.07 Å². The van der Waals surface area contributed by atoms with Crippen LogP contribution in [0.5, 0.6) is 5.75 Å². The third-order valence-corrected chi connectivity index (χ3v) is 8.57. The van der Waals surface area contributed by atoms with Gasteiger partial charge in [0.25, 0.3) is 5.91 Å². The molecule has 5 rings (SSSR count). The van der Waals surface area contributed by atoms with E-state index in [0.29, 0.717) is 29.2 Å². The van der Waals surface area contributed by atoms with Crippen molar-refractivity contribution in [3.05, 3.63) is 83.4 Å². The van der Waals surface area contributed by atoms with Crippen molar-refractivity contribution >= 4 is 37.9 Å². The van der Waals surface area contributed by atoms with E-state index >= 15 is 0 Å². The standard InChI is InChI=1S/C25H22N4O4S2/c1-33-18-8-11-20-17(14-18)7-12-23(27-20)35(31,32)19-9-5-16(6-10-19)24(30)29-25-28-22(15-34-25)21-4-2-3-13-26-21/h2-6,8-11,13-15,23,27H,7,12H2,1H3,(H,28,29,30). The number of aromatic nitrogens is 2. The summed E-state index contributed by atoms with van der Waals surface area (Å²) in [5, 5.41) is 7.41. The molecule has 178 valence electrons. The van der Waals surface area contributed by atoms with Gasteiger partial charge in [0, 0.05) is 22.8 Å². The van der Waals surface area contributed by atoms with Crippen molar-refractivity contribution in [3.8, 4) is 17.1 Å². The van der Waals surface area contributed by atoms with Crippen molar-refractivity contribution in [2.45, 2.75) is 23.1 Å². The number of ether oxygens (including phenoxy) is 1. The van der Waals surface area contributed by atoms with Gasteiger partial charge in [-0.15, -0.1) is 11.3 Å². The lowest BCUT2D eigenvalue weighted by molar-refractivity contribution is 0.102. The summed E-state index contributed by atoms with van der Waals surface area (Å²) in [5.41, 5.74) is 3.54. The maximum absolute atomic E-state index is 13.2. The molecule has 8 nitrogen and oxygen atoms in total. The number of rotatable bonds is 6. The zero-order valence-electron chi connectivity index (χ0n) is 18.8. The summed E-state index contributed by atoms with van der Waals surface area (Å²) in [4.78, 5) is 21.5. The van der Waals surface area contributed by atoms with Crippen LogP contribution < -0.4 is 15.4 Å². The molecule has 0 bridgehead atoms. The van der Waals surface area contributed by atoms with Crippen molar-refractivity contribution < 1.29 is 17.9 Å². The zero-order chi connectivity index (χ0) is 24.4. The number of hydrogen-bond donors (Lipinski definition) is 2. The number of benzene rings is 2. The Morgan fingerprint density at radius 1 is 1.11 bits per heavy atom. The highest BCUT2D eigenvalue weighted by Gasteiger charge is 2.31. The first-order valence-corrected chi connectivity index (χ1v) is 13.3. The molecule has 0 saturated carbocycles. The Kier molecular flexibility index (Phi) is 6.23. The first-order valence-electron chi connectivity index (χ1n) is 10.9. The molecular weight excluding hydrogens is 484 g/mol. The molecule has 4 aromatic rings. The highest BCUT2D eigenvalue weighted by molar-refractivity contribution is 7.92. The monoisotopic (exact) mass is 506 g/mol. The fourth-order valence-electron chi connectivity index (χ4n) is 3.90. The molecule has 1 atom stereocenters. The number of fused-ring (bicyclic) bond motifs is 1. The van der Waals surface area contributed by atoms with Crippen LogP contribution in [0, 0.1) is 0 Å². The number of nitrogens with zero attached hydrogens (tertiary/aromatic N) is 2. The molecule has 0 aliphatic carbocycles. The first-order chi connectivity index (χ1) is 16.9. The second-order valence-electron chi connectivity index (χ2n) is 7.97. The van der Waals surface area contributed by atoms with Gasteiger partial charge in [-0.25, -0.2) is 13.4 Å². The normalized spacial score (nSPS) is 15.1. The number of aryl methyl sites for hydroxylation is 1. The summed E-state index contributed by atoms with van der Waals surface area (Å²) >= 11 is 1.30. The fourth-order valence-corrected chi connectivity index (χ4v) is 6.16. The third-order valence-electron chi connectivity index (χ3n) is 5.78. The van der Waals surface area contributed by atoms with Gasteiger partial charge in [-0.3, -0.25) is 15.1 Å². The fraction of sp³-hybridized carbons (Fsp3) is 0.160. The minimum Gasteiger partial charge on any atom is -0.497 e. The molecule has 35 heavy (non-hydrogen) atoms. The molecule has 0 fully saturated rings. The smallest absolute Gasteiger partial charge is 0.257 e. The Morgan fingerprint density at radius 3 is 2.69 bits per heavy atom. The number of nitrogens with one attached hydrogen (secondary N) is 2. The van der Waals surface area contributed by atoms with Crippen LogP contribution in [0.25, 0.3) is 11.4 Å². The zero-order valence-corrected chi connectivity index (χ0v) is 20.4. The van der Waals surface area contributed by atoms with E-state index in [1.54, 1.807) is 19.4 Å². The second kappa shape index (κ2) is 9.47. The average molecular weight is 507 g/mol. The van der Waals surface area contributed by atoms with E-state index in [2.05, 4.69) is 20.6 Å². The number of amides is 1. The number of carbonyl (C=O) groups excluding carboxylic acids is 1. The number of thiazole rings is 1. The molecule has 2 aromatic carbocycles. The van der Waals surface area contributed by atoms with Gasteiger partial charge in [-0.2, -0.15) is 0 Å². The maximum Gasteiger partial charge on any atom is 0.257 e. The predicted octanol–water partition coefficient (Wildman–Crippen LogP) is 4.62. The van der Waals surface area contributed by atoms with Gasteiger partial charge in [0.1, 0.15) is 16.8 Å². The molecule has 0 spiro atoms. The van der Waals surface area contributed by atoms with E-state index in [4.69, 9.17) is 4.74 Å². The highest BCUT2D eigenvalue weighted by atomic mass is 32.2. The second-order valence-corrected chi connectivity index (χ2v) is 11.0. The minimum absolute atomic E-state index is 0.162. The Balaban J connectivity index is 1.27. The highest BCUT2D eigenvalue weighted by Crippen LogP contribution is 2.32. The lowest BCUT2D eigenvalue weighted by atomic mass is 10.0. The van der Waals surface area contributed by atoms with E-state index in [9.17, 15) is 13.2 Å². The van der Waals surface area contributed by atoms with Crippen LogP contribution in [0.2, 0.25) is 0 Å². The quantitative estimate of drug-likeness (QED) is 0.392. The van der Waals surface area contributed by atoms with Gasteiger partial charge in [-0.05, 0) is 73.0 Å². The van der Waals surface area contributed by atoms with Crippen molar-refractivity contribution in [3.63, 3.8) is 0 Å². The molecule has 2 aromatic heterocycles. The van der Waals surface area contributed by atoms with Crippen LogP contribution >= 0.6 is 11.3 Å². The van der Waals surface area contributed by atoms with Crippen LogP contribution in [-0.4, -0.2) is 36.8 Å². The molecule has 2 N–H and O–H groups in total. The largest absolute Gasteiger partial charge is 0.497 e. The maximum atomic E-state index is 13.2. The van der Waals surface area contributed by atoms with E-state index < -0.39 is 15.2 Å². The predicted molar refractivity (Wildman–Crippen MR) is 136 cm³/mol. The van der Waals surface area contributed by atoms with Crippen LogP contribution in [-0.2, 0) is 16.3 Å². The summed E-state index contributed by atoms with van der Waals surface area (Å²) in [6.45, 7) is 0. The number of methoxy groups -OCH3 is 1. The van der Waals surface area contributed by atoms with Gasteiger partial charge in [0.05, 0.1) is 17.7 Å². The number of carbonyl (C=O) groups is 1. The average Bonchev–Trinajstić information content (AvgIpc) is 3.37. The van der Waals surface area contributed by atoms with Crippen LogP contribution in [0.15, 0.2) is 77.1 Å². The first kappa shape index (κ1) is 23.0. The number of anilines is 2. The van der Waals surface area contributed by atoms with E-state index in [1.165, 1.54) is 35.6 Å². The third kappa shape index (κ3) is 4.75. The topological polar surface area (TPSA) is 110 Å². The van der Waals surface area contributed by atoms with Crippen molar-refractivity contribution in [2.75, 3.05) is 17.7 Å². The van der Waals surface area contributed by atoms with Crippen molar-refractivity contribution in [1.29, 1.82) is 0 Å². The summed E-state index contributed by atoms with van der Waals surface area (Å²) < 4.78 is 31.7. The van der Waals surface area contributed by atoms with Gasteiger partial charge in [0.2, 0.25) is 0 Å². The molecular formula is C25H22N4O4S2. The SMILES string of the molecule is COc1ccc2c(c1)CCC(S(=O)(=O)c1ccc(C(=O)Nc3nc(-c4ccccn4)cs3)cc1)N2. The molecule has 10 heteroatoms. The van der Waals surface area contributed by atoms with E-state index in [-0.39, 0.29) is 10.8 Å². The lowest BCUT2D eigenvalue weighted by Crippen LogP contribution is -2.33. The van der Waals surface area contributed by atoms with Crippen LogP contribution in [0.3, 0.4) is 0 Å². The van der Waals surface area contributed by atoms with Crippen LogP contribution in [0.4, 0.5) is 10.8 Å².